The van der Waals surface area contributed by atoms with E-state index in [0.29, 0.717) is 18.9 Å². The number of nitrogens with zero attached hydrogens (tertiary/aromatic N) is 1. The van der Waals surface area contributed by atoms with Crippen LogP contribution in [-0.2, 0) is 4.79 Å². The summed E-state index contributed by atoms with van der Waals surface area (Å²) in [6.45, 7) is 2.28. The fourth-order valence-electron chi connectivity index (χ4n) is 2.51. The first kappa shape index (κ1) is 15.0. The Morgan fingerprint density at radius 2 is 2.10 bits per heavy atom. The van der Waals surface area contributed by atoms with E-state index in [2.05, 4.69) is 10.2 Å². The molecule has 1 fully saturated rings. The molecule has 1 aliphatic heterocycles. The van der Waals surface area contributed by atoms with Gasteiger partial charge in [0.2, 0.25) is 6.41 Å². The first-order valence-electron chi connectivity index (χ1n) is 6.61. The lowest BCUT2D eigenvalue weighted by atomic mass is 9.96. The second-order valence-corrected chi connectivity index (χ2v) is 5.37. The second kappa shape index (κ2) is 6.88. The Hall–Kier alpha value is -1.36. The molecule has 6 heteroatoms. The average molecular weight is 303 g/mol. The molecule has 0 atom stereocenters. The zero-order valence-corrected chi connectivity index (χ0v) is 11.7. The molecule has 0 aromatic heterocycles. The van der Waals surface area contributed by atoms with Crippen molar-refractivity contribution in [3.63, 3.8) is 0 Å². The Morgan fingerprint density at radius 3 is 2.70 bits per heavy atom. The molecule has 0 bridgehead atoms. The van der Waals surface area contributed by atoms with Gasteiger partial charge < -0.3 is 10.2 Å². The number of amides is 1. The zero-order valence-electron chi connectivity index (χ0n) is 11.0. The summed E-state index contributed by atoms with van der Waals surface area (Å²) in [5.74, 6) is 0.457. The monoisotopic (exact) mass is 302 g/mol. The van der Waals surface area contributed by atoms with E-state index in [0.717, 1.165) is 31.6 Å². The molecule has 1 aromatic rings. The third kappa shape index (κ3) is 3.60. The number of carbonyl (C=O) groups excluding carboxylic acids is 1. The van der Waals surface area contributed by atoms with E-state index in [-0.39, 0.29) is 10.6 Å². The summed E-state index contributed by atoms with van der Waals surface area (Å²) in [4.78, 5) is 12.3. The van der Waals surface area contributed by atoms with E-state index in [1.54, 1.807) is 6.07 Å². The molecule has 1 aromatic carbocycles. The van der Waals surface area contributed by atoms with Crippen LogP contribution in [0.2, 0.25) is 5.02 Å². The summed E-state index contributed by atoms with van der Waals surface area (Å²) in [5, 5.41) is 2.79. The number of hydrogen-bond acceptors (Lipinski definition) is 2. The Morgan fingerprint density at radius 1 is 1.40 bits per heavy atom. The van der Waals surface area contributed by atoms with Gasteiger partial charge in [-0.25, -0.2) is 8.78 Å². The van der Waals surface area contributed by atoms with E-state index in [1.165, 1.54) is 12.1 Å². The molecule has 0 radical (unpaired) electrons. The Bertz CT molecular complexity index is 462. The third-order valence-electron chi connectivity index (χ3n) is 3.68. The second-order valence-electron chi connectivity index (χ2n) is 4.96. The summed E-state index contributed by atoms with van der Waals surface area (Å²) in [6, 6.07) is 4.77. The summed E-state index contributed by atoms with van der Waals surface area (Å²) in [5.41, 5.74) is 0.667. The lowest BCUT2D eigenvalue weighted by Crippen LogP contribution is -2.37. The average Bonchev–Trinajstić information content (AvgIpc) is 2.46. The molecule has 0 spiro atoms. The number of carbonyl (C=O) groups is 1. The minimum absolute atomic E-state index is 0.105. The van der Waals surface area contributed by atoms with Crippen molar-refractivity contribution in [2.75, 3.05) is 24.5 Å². The number of rotatable bonds is 5. The minimum Gasteiger partial charge on any atom is -0.372 e. The van der Waals surface area contributed by atoms with Crippen LogP contribution in [0.3, 0.4) is 0 Å². The highest BCUT2D eigenvalue weighted by molar-refractivity contribution is 6.31. The highest BCUT2D eigenvalue weighted by Crippen LogP contribution is 2.32. The molecule has 0 unspecified atom stereocenters. The van der Waals surface area contributed by atoms with Crippen molar-refractivity contribution >= 4 is 23.7 Å². The van der Waals surface area contributed by atoms with Crippen molar-refractivity contribution in [3.05, 3.63) is 28.8 Å². The Labute approximate surface area is 121 Å². The maximum absolute atomic E-state index is 12.8. The normalized spacial score (nSPS) is 16.5. The Kier molecular flexibility index (Phi) is 5.17. The molecule has 1 N–H and O–H groups in total. The fourth-order valence-corrected chi connectivity index (χ4v) is 2.71. The first-order valence-corrected chi connectivity index (χ1v) is 6.99. The van der Waals surface area contributed by atoms with Gasteiger partial charge in [-0.15, -0.1) is 0 Å². The largest absolute Gasteiger partial charge is 0.372 e. The maximum Gasteiger partial charge on any atom is 0.265 e. The molecule has 0 saturated carbocycles. The molecule has 1 heterocycles. The van der Waals surface area contributed by atoms with Gasteiger partial charge in [0.15, 0.2) is 0 Å². The predicted octanol–water partition coefficient (Wildman–Crippen LogP) is 3.24. The number of piperidine rings is 1. The van der Waals surface area contributed by atoms with Gasteiger partial charge in [-0.3, -0.25) is 4.79 Å². The van der Waals surface area contributed by atoms with E-state index in [4.69, 9.17) is 11.6 Å². The number of hydrogen-bond donors (Lipinski definition) is 1. The first-order chi connectivity index (χ1) is 9.61. The topological polar surface area (TPSA) is 32.3 Å². The SMILES string of the molecule is O=CNCC1CCN(c2ccc(Cl)c(C(F)F)c2)CC1. The quantitative estimate of drug-likeness (QED) is 0.847. The predicted molar refractivity (Wildman–Crippen MR) is 75.4 cm³/mol. The van der Waals surface area contributed by atoms with Gasteiger partial charge in [-0.1, -0.05) is 11.6 Å². The molecular weight excluding hydrogens is 286 g/mol. The molecule has 110 valence electrons. The third-order valence-corrected chi connectivity index (χ3v) is 4.03. The standard InChI is InChI=1S/C14H17ClF2N2O/c15-13-2-1-11(7-12(13)14(16)17)19-5-3-10(4-6-19)8-18-9-20/h1-2,7,9-10,14H,3-6,8H2,(H,18,20). The van der Waals surface area contributed by atoms with Crippen LogP contribution in [-0.4, -0.2) is 26.0 Å². The van der Waals surface area contributed by atoms with E-state index in [9.17, 15) is 13.6 Å². The van der Waals surface area contributed by atoms with Gasteiger partial charge in [0.1, 0.15) is 0 Å². The van der Waals surface area contributed by atoms with Crippen LogP contribution in [0.15, 0.2) is 18.2 Å². The fraction of sp³-hybridized carbons (Fsp3) is 0.500. The zero-order chi connectivity index (χ0) is 14.5. The van der Waals surface area contributed by atoms with Crippen LogP contribution in [0.5, 0.6) is 0 Å². The van der Waals surface area contributed by atoms with E-state index >= 15 is 0 Å². The molecular formula is C14H17ClF2N2O. The summed E-state index contributed by atoms with van der Waals surface area (Å²) < 4.78 is 25.7. The van der Waals surface area contributed by atoms with Gasteiger partial charge in [-0.2, -0.15) is 0 Å². The van der Waals surface area contributed by atoms with Crippen molar-refractivity contribution in [1.29, 1.82) is 0 Å². The molecule has 3 nitrogen and oxygen atoms in total. The van der Waals surface area contributed by atoms with Gasteiger partial charge in [0.05, 0.1) is 0 Å². The summed E-state index contributed by atoms with van der Waals surface area (Å²) >= 11 is 5.77. The van der Waals surface area contributed by atoms with Gasteiger partial charge in [-0.05, 0) is 37.0 Å². The molecule has 1 amide bonds. The van der Waals surface area contributed by atoms with Crippen LogP contribution in [0, 0.1) is 5.92 Å². The smallest absolute Gasteiger partial charge is 0.265 e. The molecule has 1 aliphatic rings. The minimum atomic E-state index is -2.56. The summed E-state index contributed by atoms with van der Waals surface area (Å²) in [6.07, 6.45) is 0.0262. The molecule has 20 heavy (non-hydrogen) atoms. The van der Waals surface area contributed by atoms with Crippen LogP contribution in [0.4, 0.5) is 14.5 Å². The molecule has 2 rings (SSSR count). The van der Waals surface area contributed by atoms with Crippen LogP contribution in [0.1, 0.15) is 24.8 Å². The molecule has 0 aliphatic carbocycles. The number of anilines is 1. The highest BCUT2D eigenvalue weighted by Gasteiger charge is 2.21. The number of benzene rings is 1. The van der Waals surface area contributed by atoms with Gasteiger partial charge >= 0.3 is 0 Å². The van der Waals surface area contributed by atoms with Gasteiger partial charge in [0.25, 0.3) is 6.43 Å². The lowest BCUT2D eigenvalue weighted by molar-refractivity contribution is -0.109. The van der Waals surface area contributed by atoms with Crippen molar-refractivity contribution < 1.29 is 13.6 Å². The number of alkyl halides is 2. The maximum atomic E-state index is 12.8. The number of halogens is 3. The van der Waals surface area contributed by atoms with E-state index in [1.807, 2.05) is 0 Å². The van der Waals surface area contributed by atoms with Crippen LogP contribution < -0.4 is 10.2 Å². The molecule has 1 saturated heterocycles. The van der Waals surface area contributed by atoms with Gasteiger partial charge in [0, 0.05) is 35.9 Å². The Balaban J connectivity index is 2.00. The van der Waals surface area contributed by atoms with Crippen molar-refractivity contribution in [3.8, 4) is 0 Å². The van der Waals surface area contributed by atoms with Crippen LogP contribution in [0.25, 0.3) is 0 Å². The summed E-state index contributed by atoms with van der Waals surface area (Å²) in [7, 11) is 0. The van der Waals surface area contributed by atoms with Crippen molar-refractivity contribution in [1.82, 2.24) is 5.32 Å². The number of nitrogens with one attached hydrogen (secondary N) is 1. The van der Waals surface area contributed by atoms with Crippen molar-refractivity contribution in [2.24, 2.45) is 5.92 Å². The lowest BCUT2D eigenvalue weighted by Gasteiger charge is -2.33. The van der Waals surface area contributed by atoms with Crippen LogP contribution >= 0.6 is 11.6 Å². The highest BCUT2D eigenvalue weighted by atomic mass is 35.5. The van der Waals surface area contributed by atoms with Crippen molar-refractivity contribution in [2.45, 2.75) is 19.3 Å². The van der Waals surface area contributed by atoms with E-state index < -0.39 is 6.43 Å².